The Labute approximate surface area is 165 Å². The first-order valence-electron chi connectivity index (χ1n) is 8.87. The van der Waals surface area contributed by atoms with E-state index in [1.807, 2.05) is 0 Å². The Hall–Kier alpha value is -3.62. The molecule has 4 rings (SSSR count). The molecule has 1 aromatic carbocycles. The number of nitrogen functional groups attached to an aromatic ring is 1. The van der Waals surface area contributed by atoms with Gasteiger partial charge in [-0.15, -0.1) is 0 Å². The molecule has 3 heterocycles. The van der Waals surface area contributed by atoms with Gasteiger partial charge in [0, 0.05) is 18.0 Å². The van der Waals surface area contributed by atoms with E-state index in [-0.39, 0.29) is 18.1 Å². The molecule has 0 aliphatic carbocycles. The number of nitrogens with zero attached hydrogens (tertiary/aromatic N) is 4. The van der Waals surface area contributed by atoms with Crippen molar-refractivity contribution < 1.29 is 18.3 Å². The van der Waals surface area contributed by atoms with Crippen molar-refractivity contribution in [2.45, 2.75) is 26.1 Å². The van der Waals surface area contributed by atoms with Crippen LogP contribution in [0.15, 0.2) is 48.8 Å². The second-order valence-corrected chi connectivity index (χ2v) is 6.51. The summed E-state index contributed by atoms with van der Waals surface area (Å²) in [4.78, 5) is 27.4. The minimum atomic E-state index is -2.88. The molecule has 9 heteroatoms. The summed E-state index contributed by atoms with van der Waals surface area (Å²) in [7, 11) is 0. The number of amides is 1. The first-order valence-corrected chi connectivity index (χ1v) is 8.87. The van der Waals surface area contributed by atoms with Crippen molar-refractivity contribution in [1.82, 2.24) is 19.9 Å². The molecular formula is C20H17F2N5O2. The highest BCUT2D eigenvalue weighted by Gasteiger charge is 2.26. The largest absolute Gasteiger partial charge is 0.435 e. The van der Waals surface area contributed by atoms with Gasteiger partial charge in [-0.2, -0.15) is 8.78 Å². The Bertz CT molecular complexity index is 1020. The Morgan fingerprint density at radius 3 is 2.34 bits per heavy atom. The minimum absolute atomic E-state index is 0.0419. The third kappa shape index (κ3) is 4.13. The number of hydrogen-bond acceptors (Lipinski definition) is 6. The number of rotatable bonds is 5. The smallest absolute Gasteiger partial charge is 0.387 e. The molecular weight excluding hydrogens is 380 g/mol. The maximum atomic E-state index is 12.7. The van der Waals surface area contributed by atoms with Crippen molar-refractivity contribution >= 4 is 11.6 Å². The third-order valence-electron chi connectivity index (χ3n) is 4.60. The molecule has 2 aromatic heterocycles. The zero-order chi connectivity index (χ0) is 20.4. The molecule has 1 aliphatic rings. The number of fused-ring (bicyclic) bond motifs is 1. The first kappa shape index (κ1) is 18.7. The molecule has 1 amide bonds. The third-order valence-corrected chi connectivity index (χ3v) is 4.60. The second kappa shape index (κ2) is 7.78. The van der Waals surface area contributed by atoms with E-state index in [1.54, 1.807) is 41.6 Å². The highest BCUT2D eigenvalue weighted by Crippen LogP contribution is 2.25. The number of carbonyl (C=O) groups excluding carboxylic acids is 1. The average molecular weight is 397 g/mol. The number of alkyl halides is 2. The summed E-state index contributed by atoms with van der Waals surface area (Å²) in [6.45, 7) is -2.06. The lowest BCUT2D eigenvalue weighted by atomic mass is 10.1. The molecule has 0 saturated carbocycles. The number of anilines is 1. The molecule has 7 nitrogen and oxygen atoms in total. The fourth-order valence-electron chi connectivity index (χ4n) is 3.13. The fraction of sp³-hybridized carbons (Fsp3) is 0.200. The van der Waals surface area contributed by atoms with E-state index in [2.05, 4.69) is 19.7 Å². The summed E-state index contributed by atoms with van der Waals surface area (Å²) < 4.78 is 28.9. The normalized spacial score (nSPS) is 12.9. The van der Waals surface area contributed by atoms with Gasteiger partial charge < -0.3 is 15.4 Å². The van der Waals surface area contributed by atoms with Gasteiger partial charge in [0.05, 0.1) is 48.0 Å². The van der Waals surface area contributed by atoms with Gasteiger partial charge in [-0.05, 0) is 36.4 Å². The monoisotopic (exact) mass is 397 g/mol. The zero-order valence-electron chi connectivity index (χ0n) is 15.3. The van der Waals surface area contributed by atoms with Gasteiger partial charge in [0.2, 0.25) is 5.91 Å². The van der Waals surface area contributed by atoms with Gasteiger partial charge in [-0.1, -0.05) is 0 Å². The van der Waals surface area contributed by atoms with Gasteiger partial charge in [0.15, 0.2) is 0 Å². The summed E-state index contributed by atoms with van der Waals surface area (Å²) >= 11 is 0. The van der Waals surface area contributed by atoms with Crippen LogP contribution in [0.4, 0.5) is 14.5 Å². The maximum Gasteiger partial charge on any atom is 0.387 e. The summed E-state index contributed by atoms with van der Waals surface area (Å²) in [5.74, 6) is -0.0627. The van der Waals surface area contributed by atoms with Gasteiger partial charge in [0.25, 0.3) is 0 Å². The molecule has 0 saturated heterocycles. The number of ether oxygens (including phenoxy) is 1. The van der Waals surface area contributed by atoms with Crippen LogP contribution in [0.3, 0.4) is 0 Å². The van der Waals surface area contributed by atoms with Crippen molar-refractivity contribution in [3.8, 4) is 17.0 Å². The summed E-state index contributed by atoms with van der Waals surface area (Å²) in [5, 5.41) is 0. The van der Waals surface area contributed by atoms with Gasteiger partial charge >= 0.3 is 6.61 Å². The van der Waals surface area contributed by atoms with Gasteiger partial charge in [-0.3, -0.25) is 19.7 Å². The van der Waals surface area contributed by atoms with Gasteiger partial charge in [0.1, 0.15) is 5.75 Å². The number of pyridine rings is 1. The highest BCUT2D eigenvalue weighted by molar-refractivity contribution is 5.80. The molecule has 0 spiro atoms. The average Bonchev–Trinajstić information content (AvgIpc) is 3.14. The lowest BCUT2D eigenvalue weighted by molar-refractivity contribution is -0.131. The molecule has 0 radical (unpaired) electrons. The Balaban J connectivity index is 1.49. The van der Waals surface area contributed by atoms with Crippen molar-refractivity contribution in [3.63, 3.8) is 0 Å². The minimum Gasteiger partial charge on any atom is -0.435 e. The Morgan fingerprint density at radius 2 is 1.72 bits per heavy atom. The predicted molar refractivity (Wildman–Crippen MR) is 101 cm³/mol. The number of hydrogen-bond donors (Lipinski definition) is 1. The van der Waals surface area contributed by atoms with Crippen molar-refractivity contribution in [3.05, 3.63) is 65.9 Å². The molecule has 2 N–H and O–H groups in total. The van der Waals surface area contributed by atoms with Crippen LogP contribution in [0, 0.1) is 0 Å². The molecule has 0 unspecified atom stereocenters. The molecule has 0 fully saturated rings. The van der Waals surface area contributed by atoms with Crippen molar-refractivity contribution in [2.75, 3.05) is 5.73 Å². The fourth-order valence-corrected chi connectivity index (χ4v) is 3.13. The Morgan fingerprint density at radius 1 is 1.07 bits per heavy atom. The van der Waals surface area contributed by atoms with E-state index >= 15 is 0 Å². The predicted octanol–water partition coefficient (Wildman–Crippen LogP) is 2.81. The van der Waals surface area contributed by atoms with E-state index in [0.717, 1.165) is 11.4 Å². The maximum absolute atomic E-state index is 12.7. The van der Waals surface area contributed by atoms with E-state index in [4.69, 9.17) is 5.73 Å². The molecule has 1 aliphatic heterocycles. The highest BCUT2D eigenvalue weighted by atomic mass is 19.3. The van der Waals surface area contributed by atoms with Crippen LogP contribution in [-0.2, 0) is 24.3 Å². The second-order valence-electron chi connectivity index (χ2n) is 6.51. The number of halogens is 2. The molecule has 3 aromatic rings. The molecule has 148 valence electrons. The molecule has 29 heavy (non-hydrogen) atoms. The summed E-state index contributed by atoms with van der Waals surface area (Å²) in [6.07, 6.45) is 3.25. The zero-order valence-corrected chi connectivity index (χ0v) is 15.3. The SMILES string of the molecule is Nc1ccc(-c2ccc(OC(F)F)cc2)nc1CC(=O)N1Cc2nccnc2C1. The van der Waals surface area contributed by atoms with Crippen LogP contribution < -0.4 is 10.5 Å². The quantitative estimate of drug-likeness (QED) is 0.712. The van der Waals surface area contributed by atoms with Crippen molar-refractivity contribution in [2.24, 2.45) is 0 Å². The number of nitrogens with two attached hydrogens (primary N) is 1. The lowest BCUT2D eigenvalue weighted by Gasteiger charge is -2.15. The van der Waals surface area contributed by atoms with Gasteiger partial charge in [-0.25, -0.2) is 0 Å². The number of aromatic nitrogens is 3. The van der Waals surface area contributed by atoms with E-state index in [1.165, 1.54) is 12.1 Å². The molecule has 0 bridgehead atoms. The van der Waals surface area contributed by atoms with E-state index in [0.29, 0.717) is 35.7 Å². The summed E-state index contributed by atoms with van der Waals surface area (Å²) in [6, 6.07) is 9.51. The number of carbonyl (C=O) groups is 1. The topological polar surface area (TPSA) is 94.2 Å². The number of benzene rings is 1. The first-order chi connectivity index (χ1) is 14.0. The van der Waals surface area contributed by atoms with E-state index in [9.17, 15) is 13.6 Å². The van der Waals surface area contributed by atoms with Crippen LogP contribution in [0.1, 0.15) is 17.1 Å². The molecule has 0 atom stereocenters. The summed E-state index contributed by atoms with van der Waals surface area (Å²) in [5.41, 5.74) is 9.75. The van der Waals surface area contributed by atoms with Crippen LogP contribution in [-0.4, -0.2) is 32.4 Å². The van der Waals surface area contributed by atoms with E-state index < -0.39 is 6.61 Å². The Kier molecular flexibility index (Phi) is 5.03. The lowest BCUT2D eigenvalue weighted by Crippen LogP contribution is -2.27. The standard InChI is InChI=1S/C20H17F2N5O2/c21-20(22)29-13-3-1-12(2-4-13)15-6-5-14(23)16(26-15)9-19(28)27-10-17-18(11-27)25-8-7-24-17/h1-8,20H,9-11,23H2. The van der Waals surface area contributed by atoms with Crippen LogP contribution in [0.2, 0.25) is 0 Å². The van der Waals surface area contributed by atoms with Crippen molar-refractivity contribution in [1.29, 1.82) is 0 Å². The van der Waals surface area contributed by atoms with Crippen LogP contribution in [0.25, 0.3) is 11.3 Å². The van der Waals surface area contributed by atoms with Crippen LogP contribution in [0.5, 0.6) is 5.75 Å². The van der Waals surface area contributed by atoms with Crippen LogP contribution >= 0.6 is 0 Å².